The lowest BCUT2D eigenvalue weighted by Gasteiger charge is -2.01. The maximum Gasteiger partial charge on any atom is 0.127 e. The smallest absolute Gasteiger partial charge is 0.127 e. The molecule has 2 aromatic heterocycles. The quantitative estimate of drug-likeness (QED) is 0.774. The van der Waals surface area contributed by atoms with Gasteiger partial charge < -0.3 is 9.88 Å². The number of aryl methyl sites for hydroxylation is 1. The third kappa shape index (κ3) is 2.32. The maximum absolute atomic E-state index is 4.78. The van der Waals surface area contributed by atoms with Gasteiger partial charge in [0.25, 0.3) is 0 Å². The fraction of sp³-hybridized carbons (Fsp3) is 0.333. The summed E-state index contributed by atoms with van der Waals surface area (Å²) in [5.41, 5.74) is 4.23. The molecule has 0 aliphatic carbocycles. The molecule has 5 nitrogen and oxygen atoms in total. The van der Waals surface area contributed by atoms with Crippen LogP contribution in [0, 0.1) is 6.92 Å². The molecule has 0 amide bonds. The van der Waals surface area contributed by atoms with Crippen molar-refractivity contribution in [2.75, 3.05) is 6.54 Å². The van der Waals surface area contributed by atoms with Crippen molar-refractivity contribution < 1.29 is 4.63 Å². The third-order valence-electron chi connectivity index (χ3n) is 3.50. The van der Waals surface area contributed by atoms with Crippen molar-refractivity contribution in [2.24, 2.45) is 0 Å². The Morgan fingerprint density at radius 2 is 2.10 bits per heavy atom. The molecule has 104 valence electrons. The highest BCUT2D eigenvalue weighted by molar-refractivity contribution is 5.84. The summed E-state index contributed by atoms with van der Waals surface area (Å²) in [5, 5.41) is 12.5. The van der Waals surface area contributed by atoms with E-state index >= 15 is 0 Å². The van der Waals surface area contributed by atoms with Crippen molar-refractivity contribution in [3.8, 4) is 0 Å². The van der Waals surface area contributed by atoms with Gasteiger partial charge in [0, 0.05) is 23.6 Å². The Hall–Kier alpha value is -2.14. The number of nitrogens with one attached hydrogen (secondary N) is 1. The normalized spacial score (nSPS) is 11.3. The van der Waals surface area contributed by atoms with Crippen LogP contribution in [0.25, 0.3) is 10.9 Å². The highest BCUT2D eigenvalue weighted by Crippen LogP contribution is 2.22. The lowest BCUT2D eigenvalue weighted by molar-refractivity contribution is 0.300. The summed E-state index contributed by atoms with van der Waals surface area (Å²) in [6.45, 7) is 6.55. The summed E-state index contributed by atoms with van der Waals surface area (Å²) >= 11 is 0. The van der Waals surface area contributed by atoms with E-state index in [1.165, 1.54) is 16.5 Å². The van der Waals surface area contributed by atoms with Crippen LogP contribution in [-0.2, 0) is 13.1 Å². The van der Waals surface area contributed by atoms with Crippen LogP contribution < -0.4 is 5.32 Å². The fourth-order valence-electron chi connectivity index (χ4n) is 2.41. The molecule has 5 heteroatoms. The van der Waals surface area contributed by atoms with E-state index in [-0.39, 0.29) is 0 Å². The zero-order chi connectivity index (χ0) is 13.9. The van der Waals surface area contributed by atoms with Crippen LogP contribution in [0.4, 0.5) is 0 Å². The first-order valence-corrected chi connectivity index (χ1v) is 6.85. The largest absolute Gasteiger partial charge is 0.341 e. The standard InChI is InChI=1S/C15H18N4O/c1-3-16-8-12-9-19(10-14-11(2)17-20-18-14)15-7-5-4-6-13(12)15/h4-7,9,16H,3,8,10H2,1-2H3. The van der Waals surface area contributed by atoms with E-state index in [1.54, 1.807) is 0 Å². The Kier molecular flexibility index (Phi) is 3.52. The minimum Gasteiger partial charge on any atom is -0.341 e. The van der Waals surface area contributed by atoms with E-state index in [4.69, 9.17) is 4.63 Å². The van der Waals surface area contributed by atoms with Crippen LogP contribution in [0.15, 0.2) is 35.1 Å². The SMILES string of the molecule is CCNCc1cn(Cc2nonc2C)c2ccccc12. The lowest BCUT2D eigenvalue weighted by atomic mass is 10.2. The van der Waals surface area contributed by atoms with Crippen molar-refractivity contribution in [1.82, 2.24) is 20.2 Å². The summed E-state index contributed by atoms with van der Waals surface area (Å²) in [6.07, 6.45) is 2.18. The second-order valence-corrected chi connectivity index (χ2v) is 4.88. The molecule has 2 heterocycles. The van der Waals surface area contributed by atoms with E-state index < -0.39 is 0 Å². The number of nitrogens with zero attached hydrogens (tertiary/aromatic N) is 3. The molecular formula is C15H18N4O. The Bertz CT molecular complexity index is 714. The van der Waals surface area contributed by atoms with Crippen LogP contribution in [0.2, 0.25) is 0 Å². The van der Waals surface area contributed by atoms with Gasteiger partial charge in [0.15, 0.2) is 0 Å². The molecular weight excluding hydrogens is 252 g/mol. The molecule has 3 rings (SSSR count). The molecule has 0 aliphatic heterocycles. The summed E-state index contributed by atoms with van der Waals surface area (Å²) < 4.78 is 6.98. The fourth-order valence-corrected chi connectivity index (χ4v) is 2.41. The van der Waals surface area contributed by atoms with E-state index in [2.05, 4.69) is 57.6 Å². The number of aromatic nitrogens is 3. The number of fused-ring (bicyclic) bond motifs is 1. The van der Waals surface area contributed by atoms with E-state index in [0.29, 0.717) is 6.54 Å². The van der Waals surface area contributed by atoms with E-state index in [1.807, 2.05) is 6.92 Å². The van der Waals surface area contributed by atoms with Gasteiger partial charge in [-0.1, -0.05) is 35.4 Å². The maximum atomic E-state index is 4.78. The van der Waals surface area contributed by atoms with E-state index in [9.17, 15) is 0 Å². The van der Waals surface area contributed by atoms with Gasteiger partial charge in [-0.25, -0.2) is 4.63 Å². The number of rotatable bonds is 5. The predicted molar refractivity (Wildman–Crippen MR) is 77.5 cm³/mol. The summed E-state index contributed by atoms with van der Waals surface area (Å²) in [7, 11) is 0. The average Bonchev–Trinajstić information content (AvgIpc) is 3.02. The minimum atomic E-state index is 0.683. The first kappa shape index (κ1) is 12.9. The van der Waals surface area contributed by atoms with Gasteiger partial charge >= 0.3 is 0 Å². The molecule has 1 N–H and O–H groups in total. The Labute approximate surface area is 117 Å². The van der Waals surface area contributed by atoms with Gasteiger partial charge in [-0.3, -0.25) is 0 Å². The van der Waals surface area contributed by atoms with Crippen LogP contribution in [0.1, 0.15) is 23.9 Å². The topological polar surface area (TPSA) is 55.9 Å². The Morgan fingerprint density at radius 3 is 2.85 bits per heavy atom. The van der Waals surface area contributed by atoms with Crippen LogP contribution in [0.5, 0.6) is 0 Å². The lowest BCUT2D eigenvalue weighted by Crippen LogP contribution is -2.11. The Morgan fingerprint density at radius 1 is 1.25 bits per heavy atom. The number of hydrogen-bond acceptors (Lipinski definition) is 4. The van der Waals surface area contributed by atoms with Crippen LogP contribution in [-0.4, -0.2) is 21.4 Å². The van der Waals surface area contributed by atoms with Gasteiger partial charge in [-0.05, 0) is 25.1 Å². The van der Waals surface area contributed by atoms with Gasteiger partial charge in [0.05, 0.1) is 6.54 Å². The van der Waals surface area contributed by atoms with Crippen molar-refractivity contribution in [3.05, 3.63) is 47.4 Å². The summed E-state index contributed by atoms with van der Waals surface area (Å²) in [6, 6.07) is 8.43. The second kappa shape index (κ2) is 5.46. The van der Waals surface area contributed by atoms with Gasteiger partial charge in [-0.15, -0.1) is 0 Å². The molecule has 1 aromatic carbocycles. The number of para-hydroxylation sites is 1. The van der Waals surface area contributed by atoms with Crippen LogP contribution in [0.3, 0.4) is 0 Å². The first-order valence-electron chi connectivity index (χ1n) is 6.85. The molecule has 0 aliphatic rings. The van der Waals surface area contributed by atoms with Gasteiger partial charge in [0.1, 0.15) is 11.4 Å². The van der Waals surface area contributed by atoms with Gasteiger partial charge in [-0.2, -0.15) is 0 Å². The second-order valence-electron chi connectivity index (χ2n) is 4.88. The number of hydrogen-bond donors (Lipinski definition) is 1. The molecule has 0 unspecified atom stereocenters. The highest BCUT2D eigenvalue weighted by atomic mass is 16.6. The molecule has 0 bridgehead atoms. The van der Waals surface area contributed by atoms with Crippen molar-refractivity contribution in [1.29, 1.82) is 0 Å². The molecule has 0 spiro atoms. The molecule has 0 radical (unpaired) electrons. The summed E-state index contributed by atoms with van der Waals surface area (Å²) in [5.74, 6) is 0. The third-order valence-corrected chi connectivity index (χ3v) is 3.50. The molecule has 20 heavy (non-hydrogen) atoms. The zero-order valence-corrected chi connectivity index (χ0v) is 11.8. The molecule has 0 fully saturated rings. The molecule has 0 atom stereocenters. The van der Waals surface area contributed by atoms with Gasteiger partial charge in [0.2, 0.25) is 0 Å². The predicted octanol–water partition coefficient (Wildman–Crippen LogP) is 2.49. The highest BCUT2D eigenvalue weighted by Gasteiger charge is 2.11. The molecule has 3 aromatic rings. The zero-order valence-electron chi connectivity index (χ0n) is 11.8. The van der Waals surface area contributed by atoms with Crippen molar-refractivity contribution >= 4 is 10.9 Å². The summed E-state index contributed by atoms with van der Waals surface area (Å²) in [4.78, 5) is 0. The van der Waals surface area contributed by atoms with E-state index in [0.717, 1.165) is 24.5 Å². The monoisotopic (exact) mass is 270 g/mol. The number of benzene rings is 1. The van der Waals surface area contributed by atoms with Crippen molar-refractivity contribution in [3.63, 3.8) is 0 Å². The van der Waals surface area contributed by atoms with Crippen LogP contribution >= 0.6 is 0 Å². The molecule has 0 saturated carbocycles. The van der Waals surface area contributed by atoms with Crippen molar-refractivity contribution in [2.45, 2.75) is 26.9 Å². The first-order chi connectivity index (χ1) is 9.79. The average molecular weight is 270 g/mol. The Balaban J connectivity index is 2.00. The minimum absolute atomic E-state index is 0.683. The molecule has 0 saturated heterocycles.